The molecular formula is C13H16FN3O. The number of nitrogens with two attached hydrogens (primary N) is 1. The lowest BCUT2D eigenvalue weighted by Crippen LogP contribution is -2.21. The van der Waals surface area contributed by atoms with Gasteiger partial charge in [0.25, 0.3) is 0 Å². The van der Waals surface area contributed by atoms with Gasteiger partial charge in [0.2, 0.25) is 0 Å². The highest BCUT2D eigenvalue weighted by Crippen LogP contribution is 2.18. The van der Waals surface area contributed by atoms with Crippen LogP contribution >= 0.6 is 0 Å². The Bertz CT molecular complexity index is 512. The van der Waals surface area contributed by atoms with Crippen molar-refractivity contribution in [1.29, 1.82) is 0 Å². The van der Waals surface area contributed by atoms with Crippen LogP contribution in [0.4, 0.5) is 10.1 Å². The molecule has 0 amide bonds. The maximum Gasteiger partial charge on any atom is 0.156 e. The van der Waals surface area contributed by atoms with Crippen molar-refractivity contribution in [3.63, 3.8) is 0 Å². The SMILES string of the molecule is CCN(Cc1cc(CN)no1)c1cccc(F)c1. The summed E-state index contributed by atoms with van der Waals surface area (Å²) >= 11 is 0. The number of aromatic nitrogens is 1. The molecule has 2 N–H and O–H groups in total. The van der Waals surface area contributed by atoms with Crippen LogP contribution in [-0.4, -0.2) is 11.7 Å². The van der Waals surface area contributed by atoms with Crippen LogP contribution in [0.1, 0.15) is 18.4 Å². The molecule has 2 aromatic rings. The fourth-order valence-corrected chi connectivity index (χ4v) is 1.77. The van der Waals surface area contributed by atoms with E-state index in [-0.39, 0.29) is 5.82 Å². The van der Waals surface area contributed by atoms with Gasteiger partial charge in [-0.15, -0.1) is 0 Å². The molecule has 0 spiro atoms. The van der Waals surface area contributed by atoms with Gasteiger partial charge in [0.1, 0.15) is 5.82 Å². The molecule has 4 nitrogen and oxygen atoms in total. The third kappa shape index (κ3) is 2.87. The van der Waals surface area contributed by atoms with E-state index in [0.717, 1.165) is 23.7 Å². The lowest BCUT2D eigenvalue weighted by Gasteiger charge is -2.21. The Morgan fingerprint density at radius 1 is 1.39 bits per heavy atom. The van der Waals surface area contributed by atoms with Crippen LogP contribution in [-0.2, 0) is 13.1 Å². The van der Waals surface area contributed by atoms with Gasteiger partial charge in [0.05, 0.1) is 12.2 Å². The summed E-state index contributed by atoms with van der Waals surface area (Å²) in [6, 6.07) is 8.32. The second-order valence-corrected chi connectivity index (χ2v) is 3.98. The van der Waals surface area contributed by atoms with Gasteiger partial charge in [-0.05, 0) is 25.1 Å². The maximum atomic E-state index is 13.2. The molecule has 96 valence electrons. The number of hydrogen-bond acceptors (Lipinski definition) is 4. The molecule has 0 fully saturated rings. The molecular weight excluding hydrogens is 233 g/mol. The molecule has 0 radical (unpaired) electrons. The molecule has 1 aromatic heterocycles. The fraction of sp³-hybridized carbons (Fsp3) is 0.308. The van der Waals surface area contributed by atoms with Crippen molar-refractivity contribution in [3.05, 3.63) is 47.6 Å². The van der Waals surface area contributed by atoms with Gasteiger partial charge in [0, 0.05) is 24.8 Å². The third-order valence-electron chi connectivity index (χ3n) is 2.72. The van der Waals surface area contributed by atoms with Crippen molar-refractivity contribution >= 4 is 5.69 Å². The Kier molecular flexibility index (Phi) is 3.94. The van der Waals surface area contributed by atoms with Crippen molar-refractivity contribution in [2.24, 2.45) is 5.73 Å². The quantitative estimate of drug-likeness (QED) is 0.883. The molecule has 2 rings (SSSR count). The summed E-state index contributed by atoms with van der Waals surface area (Å²) in [6.07, 6.45) is 0. The Hall–Kier alpha value is -1.88. The first kappa shape index (κ1) is 12.6. The summed E-state index contributed by atoms with van der Waals surface area (Å²) < 4.78 is 18.4. The summed E-state index contributed by atoms with van der Waals surface area (Å²) in [5.41, 5.74) is 7.02. The zero-order valence-corrected chi connectivity index (χ0v) is 10.3. The first-order valence-electron chi connectivity index (χ1n) is 5.88. The number of benzene rings is 1. The van der Waals surface area contributed by atoms with E-state index in [0.29, 0.717) is 13.1 Å². The van der Waals surface area contributed by atoms with Crippen LogP contribution in [0.2, 0.25) is 0 Å². The van der Waals surface area contributed by atoms with E-state index in [1.54, 1.807) is 6.07 Å². The molecule has 0 aliphatic carbocycles. The van der Waals surface area contributed by atoms with Crippen LogP contribution < -0.4 is 10.6 Å². The van der Waals surface area contributed by atoms with Gasteiger partial charge in [-0.2, -0.15) is 0 Å². The monoisotopic (exact) mass is 249 g/mol. The van der Waals surface area contributed by atoms with Crippen LogP contribution in [0.25, 0.3) is 0 Å². The molecule has 0 saturated carbocycles. The summed E-state index contributed by atoms with van der Waals surface area (Å²) in [7, 11) is 0. The van der Waals surface area contributed by atoms with Crippen molar-refractivity contribution in [2.75, 3.05) is 11.4 Å². The lowest BCUT2D eigenvalue weighted by molar-refractivity contribution is 0.376. The molecule has 0 bridgehead atoms. The van der Waals surface area contributed by atoms with E-state index in [9.17, 15) is 4.39 Å². The number of hydrogen-bond donors (Lipinski definition) is 1. The average molecular weight is 249 g/mol. The molecule has 18 heavy (non-hydrogen) atoms. The maximum absolute atomic E-state index is 13.2. The van der Waals surface area contributed by atoms with Crippen molar-refractivity contribution in [1.82, 2.24) is 5.16 Å². The molecule has 1 heterocycles. The van der Waals surface area contributed by atoms with E-state index >= 15 is 0 Å². The summed E-state index contributed by atoms with van der Waals surface area (Å²) in [6.45, 7) is 3.66. The molecule has 5 heteroatoms. The Labute approximate surface area is 105 Å². The van der Waals surface area contributed by atoms with Crippen molar-refractivity contribution in [2.45, 2.75) is 20.0 Å². The molecule has 0 aliphatic rings. The van der Waals surface area contributed by atoms with E-state index in [1.165, 1.54) is 12.1 Å². The standard InChI is InChI=1S/C13H16FN3O/c1-2-17(12-5-3-4-10(14)6-12)9-13-7-11(8-15)16-18-13/h3-7H,2,8-9,15H2,1H3. The first-order valence-corrected chi connectivity index (χ1v) is 5.88. The minimum atomic E-state index is -0.244. The number of rotatable bonds is 5. The Morgan fingerprint density at radius 3 is 2.83 bits per heavy atom. The predicted octanol–water partition coefficient (Wildman–Crippen LogP) is 2.30. The Balaban J connectivity index is 2.14. The average Bonchev–Trinajstić information content (AvgIpc) is 2.83. The van der Waals surface area contributed by atoms with E-state index < -0.39 is 0 Å². The number of anilines is 1. The van der Waals surface area contributed by atoms with Crippen LogP contribution in [0.3, 0.4) is 0 Å². The molecule has 0 unspecified atom stereocenters. The summed E-state index contributed by atoms with van der Waals surface area (Å²) in [5, 5.41) is 3.83. The first-order chi connectivity index (χ1) is 8.72. The normalized spacial score (nSPS) is 10.6. The minimum Gasteiger partial charge on any atom is -0.364 e. The number of nitrogens with zero attached hydrogens (tertiary/aromatic N) is 2. The number of halogens is 1. The van der Waals surface area contributed by atoms with Gasteiger partial charge < -0.3 is 15.2 Å². The van der Waals surface area contributed by atoms with Gasteiger partial charge in [0.15, 0.2) is 5.76 Å². The Morgan fingerprint density at radius 2 is 2.22 bits per heavy atom. The summed E-state index contributed by atoms with van der Waals surface area (Å²) in [4.78, 5) is 2.00. The molecule has 1 aromatic carbocycles. The highest BCUT2D eigenvalue weighted by molar-refractivity contribution is 5.46. The zero-order chi connectivity index (χ0) is 13.0. The third-order valence-corrected chi connectivity index (χ3v) is 2.72. The van der Waals surface area contributed by atoms with Crippen LogP contribution in [0, 0.1) is 5.82 Å². The van der Waals surface area contributed by atoms with Gasteiger partial charge >= 0.3 is 0 Å². The predicted molar refractivity (Wildman–Crippen MR) is 67.5 cm³/mol. The fourth-order valence-electron chi connectivity index (χ4n) is 1.77. The second-order valence-electron chi connectivity index (χ2n) is 3.98. The van der Waals surface area contributed by atoms with Crippen molar-refractivity contribution < 1.29 is 8.91 Å². The second kappa shape index (κ2) is 5.64. The smallest absolute Gasteiger partial charge is 0.156 e. The van der Waals surface area contributed by atoms with E-state index in [1.807, 2.05) is 24.0 Å². The van der Waals surface area contributed by atoms with Gasteiger partial charge in [-0.25, -0.2) is 4.39 Å². The minimum absolute atomic E-state index is 0.244. The van der Waals surface area contributed by atoms with Gasteiger partial charge in [-0.3, -0.25) is 0 Å². The highest BCUT2D eigenvalue weighted by atomic mass is 19.1. The molecule has 0 atom stereocenters. The van der Waals surface area contributed by atoms with E-state index in [2.05, 4.69) is 5.16 Å². The van der Waals surface area contributed by atoms with Crippen LogP contribution in [0.5, 0.6) is 0 Å². The van der Waals surface area contributed by atoms with Crippen molar-refractivity contribution in [3.8, 4) is 0 Å². The van der Waals surface area contributed by atoms with Gasteiger partial charge in [-0.1, -0.05) is 11.2 Å². The molecule has 0 aliphatic heterocycles. The lowest BCUT2D eigenvalue weighted by atomic mass is 10.2. The summed E-state index contributed by atoms with van der Waals surface area (Å²) in [5.74, 6) is 0.479. The molecule has 0 saturated heterocycles. The highest BCUT2D eigenvalue weighted by Gasteiger charge is 2.10. The van der Waals surface area contributed by atoms with Crippen LogP contribution in [0.15, 0.2) is 34.9 Å². The van der Waals surface area contributed by atoms with E-state index in [4.69, 9.17) is 10.3 Å². The largest absolute Gasteiger partial charge is 0.364 e. The zero-order valence-electron chi connectivity index (χ0n) is 10.3. The topological polar surface area (TPSA) is 55.3 Å².